The third-order valence-electron chi connectivity index (χ3n) is 3.11. The van der Waals surface area contributed by atoms with Crippen LogP contribution in [0.15, 0.2) is 54.7 Å². The number of amides is 1. The lowest BCUT2D eigenvalue weighted by Gasteiger charge is -2.05. The van der Waals surface area contributed by atoms with Crippen LogP contribution in [0.25, 0.3) is 10.9 Å². The summed E-state index contributed by atoms with van der Waals surface area (Å²) in [4.78, 5) is 15.1. The number of aromatic amines is 1. The Kier molecular flexibility index (Phi) is 3.44. The van der Waals surface area contributed by atoms with E-state index in [1.807, 2.05) is 30.5 Å². The largest absolute Gasteiger partial charge is 0.361 e. The number of nitrogens with one attached hydrogen (secondary N) is 2. The number of H-pyrrole nitrogens is 1. The molecule has 2 N–H and O–H groups in total. The number of carbonyl (C=O) groups excluding carboxylic acids is 1. The number of aromatic nitrogens is 1. The van der Waals surface area contributed by atoms with Gasteiger partial charge in [-0.05, 0) is 47.3 Å². The van der Waals surface area contributed by atoms with E-state index in [2.05, 4.69) is 10.3 Å². The lowest BCUT2D eigenvalue weighted by Crippen LogP contribution is -2.14. The van der Waals surface area contributed by atoms with Crippen molar-refractivity contribution in [3.63, 3.8) is 0 Å². The van der Waals surface area contributed by atoms with Crippen molar-refractivity contribution in [1.29, 1.82) is 0 Å². The number of rotatable bonds is 3. The summed E-state index contributed by atoms with van der Waals surface area (Å²) >= 11 is 5.81. The monoisotopic (exact) mass is 284 g/mol. The van der Waals surface area contributed by atoms with Crippen molar-refractivity contribution in [3.05, 3.63) is 65.3 Å². The molecule has 0 saturated heterocycles. The summed E-state index contributed by atoms with van der Waals surface area (Å²) in [5.41, 5.74) is 2.77. The highest BCUT2D eigenvalue weighted by Crippen LogP contribution is 2.16. The molecule has 100 valence electrons. The third kappa shape index (κ3) is 2.83. The molecule has 0 aliphatic heterocycles. The van der Waals surface area contributed by atoms with Crippen LogP contribution in [0, 0.1) is 0 Å². The second kappa shape index (κ2) is 5.39. The Morgan fingerprint density at radius 1 is 1.10 bits per heavy atom. The van der Waals surface area contributed by atoms with Crippen LogP contribution in [0.3, 0.4) is 0 Å². The summed E-state index contributed by atoms with van der Waals surface area (Å²) in [5.74, 6) is -0.0433. The molecule has 0 bridgehead atoms. The fourth-order valence-corrected chi connectivity index (χ4v) is 2.25. The number of halogens is 1. The zero-order chi connectivity index (χ0) is 13.9. The highest BCUT2D eigenvalue weighted by Gasteiger charge is 2.05. The minimum Gasteiger partial charge on any atom is -0.361 e. The maximum Gasteiger partial charge on any atom is 0.228 e. The Hall–Kier alpha value is -2.26. The topological polar surface area (TPSA) is 44.9 Å². The minimum absolute atomic E-state index is 0.0433. The van der Waals surface area contributed by atoms with Crippen LogP contribution in [0.5, 0.6) is 0 Å². The highest BCUT2D eigenvalue weighted by atomic mass is 35.5. The van der Waals surface area contributed by atoms with Crippen molar-refractivity contribution in [1.82, 2.24) is 4.98 Å². The molecule has 0 atom stereocenters. The van der Waals surface area contributed by atoms with Gasteiger partial charge in [0.25, 0.3) is 0 Å². The van der Waals surface area contributed by atoms with Gasteiger partial charge in [0.05, 0.1) is 6.42 Å². The van der Waals surface area contributed by atoms with E-state index in [0.29, 0.717) is 11.4 Å². The summed E-state index contributed by atoms with van der Waals surface area (Å²) in [7, 11) is 0. The average molecular weight is 285 g/mol. The van der Waals surface area contributed by atoms with Crippen LogP contribution >= 0.6 is 11.6 Å². The van der Waals surface area contributed by atoms with E-state index in [-0.39, 0.29) is 5.91 Å². The first-order chi connectivity index (χ1) is 9.70. The molecule has 0 saturated carbocycles. The first-order valence-electron chi connectivity index (χ1n) is 6.32. The number of carbonyl (C=O) groups is 1. The zero-order valence-electron chi connectivity index (χ0n) is 10.7. The van der Waals surface area contributed by atoms with Gasteiger partial charge in [0.2, 0.25) is 5.91 Å². The predicted octanol–water partition coefficient (Wildman–Crippen LogP) is 4.00. The molecule has 20 heavy (non-hydrogen) atoms. The van der Waals surface area contributed by atoms with Gasteiger partial charge in [-0.1, -0.05) is 23.7 Å². The van der Waals surface area contributed by atoms with Gasteiger partial charge in [-0.25, -0.2) is 0 Å². The van der Waals surface area contributed by atoms with Crippen molar-refractivity contribution in [2.75, 3.05) is 5.32 Å². The maximum atomic E-state index is 12.0. The third-order valence-corrected chi connectivity index (χ3v) is 3.36. The molecule has 3 aromatic rings. The van der Waals surface area contributed by atoms with Gasteiger partial charge in [0.1, 0.15) is 0 Å². The maximum absolute atomic E-state index is 12.0. The van der Waals surface area contributed by atoms with E-state index in [4.69, 9.17) is 11.6 Å². The number of hydrogen-bond donors (Lipinski definition) is 2. The van der Waals surface area contributed by atoms with Gasteiger partial charge in [0, 0.05) is 22.4 Å². The fraction of sp³-hybridized carbons (Fsp3) is 0.0625. The molecule has 4 heteroatoms. The van der Waals surface area contributed by atoms with Crippen molar-refractivity contribution in [3.8, 4) is 0 Å². The Morgan fingerprint density at radius 2 is 1.90 bits per heavy atom. The molecule has 0 aliphatic carbocycles. The summed E-state index contributed by atoms with van der Waals surface area (Å²) in [5, 5.41) is 4.65. The Bertz CT molecular complexity index is 747. The van der Waals surface area contributed by atoms with Gasteiger partial charge in [-0.2, -0.15) is 0 Å². The van der Waals surface area contributed by atoms with E-state index < -0.39 is 0 Å². The molecule has 3 nitrogen and oxygen atoms in total. The molecule has 1 aromatic heterocycles. The summed E-state index contributed by atoms with van der Waals surface area (Å²) < 4.78 is 0. The van der Waals surface area contributed by atoms with E-state index in [9.17, 15) is 4.79 Å². The Labute approximate surface area is 121 Å². The van der Waals surface area contributed by atoms with Gasteiger partial charge in [0.15, 0.2) is 0 Å². The molecule has 0 unspecified atom stereocenters. The molecule has 0 fully saturated rings. The first kappa shape index (κ1) is 12.8. The zero-order valence-corrected chi connectivity index (χ0v) is 11.4. The molecule has 0 spiro atoms. The lowest BCUT2D eigenvalue weighted by atomic mass is 10.1. The normalized spacial score (nSPS) is 10.7. The Balaban J connectivity index is 1.70. The van der Waals surface area contributed by atoms with Crippen LogP contribution < -0.4 is 5.32 Å². The van der Waals surface area contributed by atoms with Crippen LogP contribution in [-0.4, -0.2) is 10.9 Å². The van der Waals surface area contributed by atoms with E-state index in [1.54, 1.807) is 24.3 Å². The molecular weight excluding hydrogens is 272 g/mol. The smallest absolute Gasteiger partial charge is 0.228 e. The van der Waals surface area contributed by atoms with E-state index in [1.165, 1.54) is 0 Å². The first-order valence-corrected chi connectivity index (χ1v) is 6.70. The number of hydrogen-bond acceptors (Lipinski definition) is 1. The number of benzene rings is 2. The molecule has 2 aromatic carbocycles. The standard InChI is InChI=1S/C16H13ClN2O/c17-13-3-5-14(6-4-13)19-16(20)10-11-1-2-12-7-8-18-15(12)9-11/h1-9,18H,10H2,(H,19,20). The second-order valence-electron chi connectivity index (χ2n) is 4.63. The van der Waals surface area contributed by atoms with Crippen LogP contribution in [0.2, 0.25) is 5.02 Å². The molecule has 0 radical (unpaired) electrons. The number of fused-ring (bicyclic) bond motifs is 1. The second-order valence-corrected chi connectivity index (χ2v) is 5.07. The quantitative estimate of drug-likeness (QED) is 0.750. The summed E-state index contributed by atoms with van der Waals surface area (Å²) in [6.07, 6.45) is 2.24. The van der Waals surface area contributed by atoms with Crippen molar-refractivity contribution in [2.24, 2.45) is 0 Å². The van der Waals surface area contributed by atoms with E-state index in [0.717, 1.165) is 22.2 Å². The van der Waals surface area contributed by atoms with E-state index >= 15 is 0 Å². The minimum atomic E-state index is -0.0433. The summed E-state index contributed by atoms with van der Waals surface area (Å²) in [6, 6.07) is 15.1. The molecule has 0 aliphatic rings. The molecule has 3 rings (SSSR count). The highest BCUT2D eigenvalue weighted by molar-refractivity contribution is 6.30. The van der Waals surface area contributed by atoms with Crippen LogP contribution in [-0.2, 0) is 11.2 Å². The molecular formula is C16H13ClN2O. The van der Waals surface area contributed by atoms with Crippen molar-refractivity contribution in [2.45, 2.75) is 6.42 Å². The van der Waals surface area contributed by atoms with Crippen LogP contribution in [0.1, 0.15) is 5.56 Å². The lowest BCUT2D eigenvalue weighted by molar-refractivity contribution is -0.115. The molecule has 1 heterocycles. The van der Waals surface area contributed by atoms with Gasteiger partial charge in [-0.3, -0.25) is 4.79 Å². The fourth-order valence-electron chi connectivity index (χ4n) is 2.13. The van der Waals surface area contributed by atoms with Gasteiger partial charge in [-0.15, -0.1) is 0 Å². The predicted molar refractivity (Wildman–Crippen MR) is 82.1 cm³/mol. The average Bonchev–Trinajstić information content (AvgIpc) is 2.89. The van der Waals surface area contributed by atoms with Crippen molar-refractivity contribution < 1.29 is 4.79 Å². The van der Waals surface area contributed by atoms with Crippen LogP contribution in [0.4, 0.5) is 5.69 Å². The SMILES string of the molecule is O=C(Cc1ccc2cc[nH]c2c1)Nc1ccc(Cl)cc1. The number of anilines is 1. The van der Waals surface area contributed by atoms with Gasteiger partial charge >= 0.3 is 0 Å². The summed E-state index contributed by atoms with van der Waals surface area (Å²) in [6.45, 7) is 0. The van der Waals surface area contributed by atoms with Crippen molar-refractivity contribution >= 4 is 34.1 Å². The van der Waals surface area contributed by atoms with Gasteiger partial charge < -0.3 is 10.3 Å². The molecule has 1 amide bonds. The Morgan fingerprint density at radius 3 is 2.70 bits per heavy atom.